The Morgan fingerprint density at radius 2 is 1.61 bits per heavy atom. The first-order valence-electron chi connectivity index (χ1n) is 7.41. The zero-order valence-corrected chi connectivity index (χ0v) is 14.3. The maximum absolute atomic E-state index is 13.7. The van der Waals surface area contributed by atoms with Crippen LogP contribution in [0.4, 0.5) is 17.6 Å². The van der Waals surface area contributed by atoms with Crippen LogP contribution in [0.1, 0.15) is 37.9 Å². The summed E-state index contributed by atoms with van der Waals surface area (Å²) in [7, 11) is 0. The molecule has 0 spiro atoms. The van der Waals surface area contributed by atoms with Gasteiger partial charge in [-0.25, -0.2) is 4.39 Å². The Kier molecular flexibility index (Phi) is 6.47. The van der Waals surface area contributed by atoms with E-state index in [4.69, 9.17) is 0 Å². The Hall–Kier alpha value is -0.850. The zero-order valence-electron chi connectivity index (χ0n) is 13.5. The lowest BCUT2D eigenvalue weighted by Gasteiger charge is -2.42. The fourth-order valence-corrected chi connectivity index (χ4v) is 3.13. The molecule has 1 N–H and O–H groups in total. The first-order chi connectivity index (χ1) is 10.1. The van der Waals surface area contributed by atoms with Crippen LogP contribution in [0, 0.1) is 11.2 Å². The van der Waals surface area contributed by atoms with Crippen LogP contribution >= 0.6 is 12.4 Å². The Balaban J connectivity index is 0.00000264. The molecular weight excluding hydrogens is 332 g/mol. The van der Waals surface area contributed by atoms with Crippen LogP contribution in [0.5, 0.6) is 0 Å². The van der Waals surface area contributed by atoms with Crippen molar-refractivity contribution in [1.29, 1.82) is 0 Å². The third-order valence-electron chi connectivity index (χ3n) is 3.90. The number of rotatable bonds is 2. The fraction of sp³-hybridized carbons (Fsp3) is 0.625. The van der Waals surface area contributed by atoms with Crippen molar-refractivity contribution >= 4 is 12.4 Å². The summed E-state index contributed by atoms with van der Waals surface area (Å²) in [6.45, 7) is 8.95. The van der Waals surface area contributed by atoms with Gasteiger partial charge in [-0.3, -0.25) is 4.90 Å². The number of hydrogen-bond donors (Lipinski definition) is 1. The lowest BCUT2D eigenvalue weighted by atomic mass is 9.80. The Labute approximate surface area is 140 Å². The van der Waals surface area contributed by atoms with Gasteiger partial charge in [0.2, 0.25) is 0 Å². The van der Waals surface area contributed by atoms with Gasteiger partial charge in [0.25, 0.3) is 0 Å². The number of nitrogens with zero attached hydrogens (tertiary/aromatic N) is 1. The standard InChI is InChI=1S/C16H22F4N2.ClH/c1-15(2,3)14(22-6-4-21-5-7-22)11-8-12(16(18,19)20)10-13(17)9-11;/h8-10,14,21H,4-7H2,1-3H3;1H/t14-;/m0./s1. The van der Waals surface area contributed by atoms with Gasteiger partial charge in [-0.2, -0.15) is 13.2 Å². The van der Waals surface area contributed by atoms with Crippen molar-refractivity contribution < 1.29 is 17.6 Å². The molecule has 7 heteroatoms. The molecule has 1 aromatic rings. The van der Waals surface area contributed by atoms with Crippen LogP contribution in [0.15, 0.2) is 18.2 Å². The van der Waals surface area contributed by atoms with E-state index in [2.05, 4.69) is 10.2 Å². The van der Waals surface area contributed by atoms with Crippen molar-refractivity contribution in [2.24, 2.45) is 5.41 Å². The van der Waals surface area contributed by atoms with Crippen molar-refractivity contribution in [1.82, 2.24) is 10.2 Å². The summed E-state index contributed by atoms with van der Waals surface area (Å²) in [6.07, 6.45) is -4.54. The number of alkyl halides is 3. The molecule has 0 saturated carbocycles. The van der Waals surface area contributed by atoms with Gasteiger partial charge in [0.05, 0.1) is 5.56 Å². The Morgan fingerprint density at radius 3 is 2.09 bits per heavy atom. The average Bonchev–Trinajstić information content (AvgIpc) is 2.36. The van der Waals surface area contributed by atoms with Gasteiger partial charge in [0, 0.05) is 32.2 Å². The van der Waals surface area contributed by atoms with Crippen molar-refractivity contribution in [2.75, 3.05) is 26.2 Å². The molecule has 0 unspecified atom stereocenters. The van der Waals surface area contributed by atoms with Crippen LogP contribution in [0.2, 0.25) is 0 Å². The van der Waals surface area contributed by atoms with Crippen molar-refractivity contribution in [3.8, 4) is 0 Å². The van der Waals surface area contributed by atoms with Crippen LogP contribution in [-0.2, 0) is 6.18 Å². The van der Waals surface area contributed by atoms with E-state index in [1.165, 1.54) is 6.07 Å². The minimum atomic E-state index is -4.54. The summed E-state index contributed by atoms with van der Waals surface area (Å²) in [6, 6.07) is 2.61. The molecule has 132 valence electrons. The Morgan fingerprint density at radius 1 is 1.04 bits per heavy atom. The molecule has 0 bridgehead atoms. The summed E-state index contributed by atoms with van der Waals surface area (Å²) in [5.74, 6) is -0.839. The first-order valence-corrected chi connectivity index (χ1v) is 7.41. The van der Waals surface area contributed by atoms with E-state index < -0.39 is 17.6 Å². The third-order valence-corrected chi connectivity index (χ3v) is 3.90. The summed E-state index contributed by atoms with van der Waals surface area (Å²) in [5, 5.41) is 3.22. The fourth-order valence-electron chi connectivity index (χ4n) is 3.13. The average molecular weight is 355 g/mol. The molecule has 1 aromatic carbocycles. The minimum Gasteiger partial charge on any atom is -0.314 e. The summed E-state index contributed by atoms with van der Waals surface area (Å²) in [5.41, 5.74) is -0.831. The molecule has 1 aliphatic heterocycles. The largest absolute Gasteiger partial charge is 0.416 e. The molecule has 23 heavy (non-hydrogen) atoms. The number of piperazine rings is 1. The van der Waals surface area contributed by atoms with Gasteiger partial charge in [-0.15, -0.1) is 12.4 Å². The minimum absolute atomic E-state index is 0. The summed E-state index contributed by atoms with van der Waals surface area (Å²) >= 11 is 0. The quantitative estimate of drug-likeness (QED) is 0.798. The summed E-state index contributed by atoms with van der Waals surface area (Å²) in [4.78, 5) is 2.13. The molecule has 2 nitrogen and oxygen atoms in total. The predicted molar refractivity (Wildman–Crippen MR) is 85.3 cm³/mol. The first kappa shape index (κ1) is 20.2. The van der Waals surface area contributed by atoms with Gasteiger partial charge in [0.1, 0.15) is 5.82 Å². The highest BCUT2D eigenvalue weighted by molar-refractivity contribution is 5.85. The van der Waals surface area contributed by atoms with E-state index in [0.717, 1.165) is 32.2 Å². The number of nitrogens with one attached hydrogen (secondary N) is 1. The van der Waals surface area contributed by atoms with Gasteiger partial charge in [0.15, 0.2) is 0 Å². The summed E-state index contributed by atoms with van der Waals surface area (Å²) < 4.78 is 52.6. The maximum atomic E-state index is 13.7. The topological polar surface area (TPSA) is 15.3 Å². The van der Waals surface area contributed by atoms with E-state index in [9.17, 15) is 17.6 Å². The molecule has 1 heterocycles. The van der Waals surface area contributed by atoms with E-state index in [0.29, 0.717) is 11.6 Å². The highest BCUT2D eigenvalue weighted by Crippen LogP contribution is 2.40. The van der Waals surface area contributed by atoms with Gasteiger partial charge >= 0.3 is 6.18 Å². The van der Waals surface area contributed by atoms with Gasteiger partial charge < -0.3 is 5.32 Å². The van der Waals surface area contributed by atoms with Crippen molar-refractivity contribution in [2.45, 2.75) is 33.0 Å². The zero-order chi connectivity index (χ0) is 16.5. The highest BCUT2D eigenvalue weighted by atomic mass is 35.5. The Bertz CT molecular complexity index is 520. The second kappa shape index (κ2) is 7.36. The van der Waals surface area contributed by atoms with E-state index >= 15 is 0 Å². The molecule has 0 amide bonds. The number of hydrogen-bond acceptors (Lipinski definition) is 2. The molecule has 1 atom stereocenters. The van der Waals surface area contributed by atoms with E-state index in [-0.39, 0.29) is 23.9 Å². The molecule has 1 aliphatic rings. The highest BCUT2D eigenvalue weighted by Gasteiger charge is 2.36. The lowest BCUT2D eigenvalue weighted by Crippen LogP contribution is -2.48. The third kappa shape index (κ3) is 5.06. The van der Waals surface area contributed by atoms with Crippen molar-refractivity contribution in [3.63, 3.8) is 0 Å². The van der Waals surface area contributed by atoms with E-state index in [1.807, 2.05) is 20.8 Å². The number of halogens is 5. The van der Waals surface area contributed by atoms with Gasteiger partial charge in [-0.1, -0.05) is 20.8 Å². The van der Waals surface area contributed by atoms with Crippen LogP contribution < -0.4 is 5.32 Å². The maximum Gasteiger partial charge on any atom is 0.416 e. The SMILES string of the molecule is CC(C)(C)[C@H](c1cc(F)cc(C(F)(F)F)c1)N1CCNCC1.Cl. The molecule has 2 rings (SSSR count). The van der Waals surface area contributed by atoms with Gasteiger partial charge in [-0.05, 0) is 29.2 Å². The van der Waals surface area contributed by atoms with Crippen LogP contribution in [0.25, 0.3) is 0 Å². The molecule has 0 aliphatic carbocycles. The molecular formula is C16H23ClF4N2. The molecule has 1 saturated heterocycles. The molecule has 0 radical (unpaired) electrons. The lowest BCUT2D eigenvalue weighted by molar-refractivity contribution is -0.137. The smallest absolute Gasteiger partial charge is 0.314 e. The number of benzene rings is 1. The second-order valence-electron chi connectivity index (χ2n) is 6.83. The molecule has 1 fully saturated rings. The van der Waals surface area contributed by atoms with Crippen LogP contribution in [-0.4, -0.2) is 31.1 Å². The second-order valence-corrected chi connectivity index (χ2v) is 6.83. The van der Waals surface area contributed by atoms with E-state index in [1.54, 1.807) is 0 Å². The molecule has 0 aromatic heterocycles. The normalized spacial score (nSPS) is 18.4. The predicted octanol–water partition coefficient (Wildman–Crippen LogP) is 4.26. The van der Waals surface area contributed by atoms with Crippen LogP contribution in [0.3, 0.4) is 0 Å². The monoisotopic (exact) mass is 354 g/mol. The van der Waals surface area contributed by atoms with Crippen molar-refractivity contribution in [3.05, 3.63) is 35.1 Å².